The van der Waals surface area contributed by atoms with Crippen molar-refractivity contribution in [1.29, 1.82) is 0 Å². The lowest BCUT2D eigenvalue weighted by molar-refractivity contribution is 0.193. The predicted molar refractivity (Wildman–Crippen MR) is 112 cm³/mol. The standard InChI is InChI=1S/C22H24N4O4/c1-3-29-19-9-5-4-7-17(19)23-22(27)26-14-6-8-18(26)21-24-20(25-30-21)15-10-12-16(28-2)13-11-15/h4-5,7,9-13,18H,3,6,8,14H2,1-2H3,(H,23,27)/t18-/m1/s1. The van der Waals surface area contributed by atoms with Gasteiger partial charge < -0.3 is 24.2 Å². The van der Waals surface area contributed by atoms with Crippen LogP contribution in [-0.4, -0.2) is 41.3 Å². The average Bonchev–Trinajstić information content (AvgIpc) is 3.45. The molecule has 0 radical (unpaired) electrons. The number of hydrogen-bond donors (Lipinski definition) is 1. The Bertz CT molecular complexity index is 1000. The molecule has 1 aliphatic heterocycles. The van der Waals surface area contributed by atoms with Gasteiger partial charge in [0.05, 0.1) is 19.4 Å². The van der Waals surface area contributed by atoms with Crippen molar-refractivity contribution in [2.75, 3.05) is 25.6 Å². The number of hydrogen-bond acceptors (Lipinski definition) is 6. The van der Waals surface area contributed by atoms with Crippen molar-refractivity contribution in [3.63, 3.8) is 0 Å². The molecule has 2 aromatic carbocycles. The van der Waals surface area contributed by atoms with Gasteiger partial charge in [-0.05, 0) is 56.2 Å². The number of benzene rings is 2. The molecular formula is C22H24N4O4. The van der Waals surface area contributed by atoms with Gasteiger partial charge in [0.25, 0.3) is 0 Å². The van der Waals surface area contributed by atoms with Gasteiger partial charge in [0.2, 0.25) is 11.7 Å². The van der Waals surface area contributed by atoms with Crippen molar-refractivity contribution in [2.45, 2.75) is 25.8 Å². The molecule has 1 saturated heterocycles. The van der Waals surface area contributed by atoms with E-state index >= 15 is 0 Å². The minimum atomic E-state index is -0.260. The maximum Gasteiger partial charge on any atom is 0.322 e. The zero-order valence-corrected chi connectivity index (χ0v) is 17.0. The summed E-state index contributed by atoms with van der Waals surface area (Å²) in [6.45, 7) is 3.05. The summed E-state index contributed by atoms with van der Waals surface area (Å²) in [5, 5.41) is 7.04. The number of nitrogens with one attached hydrogen (secondary N) is 1. The number of carbonyl (C=O) groups excluding carboxylic acids is 1. The van der Waals surface area contributed by atoms with E-state index in [0.29, 0.717) is 36.3 Å². The summed E-state index contributed by atoms with van der Waals surface area (Å²) in [5.41, 5.74) is 1.46. The van der Waals surface area contributed by atoms with E-state index in [2.05, 4.69) is 15.5 Å². The lowest BCUT2D eigenvalue weighted by Crippen LogP contribution is -2.34. The zero-order chi connectivity index (χ0) is 20.9. The van der Waals surface area contributed by atoms with E-state index < -0.39 is 0 Å². The normalized spacial score (nSPS) is 15.8. The number of amides is 2. The van der Waals surface area contributed by atoms with Gasteiger partial charge in [-0.15, -0.1) is 0 Å². The first-order valence-electron chi connectivity index (χ1n) is 9.97. The highest BCUT2D eigenvalue weighted by Crippen LogP contribution is 2.33. The lowest BCUT2D eigenvalue weighted by Gasteiger charge is -2.23. The van der Waals surface area contributed by atoms with Crippen LogP contribution in [0.25, 0.3) is 11.4 Å². The van der Waals surface area contributed by atoms with Crippen LogP contribution in [-0.2, 0) is 0 Å². The number of likely N-dealkylation sites (tertiary alicyclic amines) is 1. The Balaban J connectivity index is 1.50. The first-order valence-corrected chi connectivity index (χ1v) is 9.97. The summed E-state index contributed by atoms with van der Waals surface area (Å²) in [7, 11) is 1.62. The van der Waals surface area contributed by atoms with Gasteiger partial charge in [-0.3, -0.25) is 0 Å². The monoisotopic (exact) mass is 408 g/mol. The Hall–Kier alpha value is -3.55. The Morgan fingerprint density at radius 1 is 1.23 bits per heavy atom. The molecule has 0 unspecified atom stereocenters. The minimum Gasteiger partial charge on any atom is -0.497 e. The molecule has 1 aliphatic rings. The summed E-state index contributed by atoms with van der Waals surface area (Å²) >= 11 is 0. The molecule has 4 rings (SSSR count). The van der Waals surface area contributed by atoms with Crippen LogP contribution in [0.4, 0.5) is 10.5 Å². The smallest absolute Gasteiger partial charge is 0.322 e. The fourth-order valence-corrected chi connectivity index (χ4v) is 3.53. The molecule has 8 nitrogen and oxygen atoms in total. The van der Waals surface area contributed by atoms with Crippen molar-refractivity contribution < 1.29 is 18.8 Å². The molecule has 0 saturated carbocycles. The topological polar surface area (TPSA) is 89.7 Å². The molecule has 0 bridgehead atoms. The summed E-state index contributed by atoms with van der Waals surface area (Å²) in [6.07, 6.45) is 1.64. The second kappa shape index (κ2) is 8.86. The van der Waals surface area contributed by atoms with E-state index in [0.717, 1.165) is 24.2 Å². The number of methoxy groups -OCH3 is 1. The van der Waals surface area contributed by atoms with E-state index in [1.807, 2.05) is 55.5 Å². The number of aromatic nitrogens is 2. The number of rotatable bonds is 6. The van der Waals surface area contributed by atoms with Crippen LogP contribution in [0.5, 0.6) is 11.5 Å². The van der Waals surface area contributed by atoms with Crippen LogP contribution < -0.4 is 14.8 Å². The van der Waals surface area contributed by atoms with Crippen LogP contribution in [0.1, 0.15) is 31.7 Å². The highest BCUT2D eigenvalue weighted by molar-refractivity contribution is 5.91. The molecule has 0 aliphatic carbocycles. The second-order valence-corrected chi connectivity index (χ2v) is 6.90. The lowest BCUT2D eigenvalue weighted by atomic mass is 10.2. The van der Waals surface area contributed by atoms with E-state index in [9.17, 15) is 4.79 Å². The number of carbonyl (C=O) groups is 1. The van der Waals surface area contributed by atoms with Gasteiger partial charge in [-0.2, -0.15) is 4.98 Å². The average molecular weight is 408 g/mol. The fraction of sp³-hybridized carbons (Fsp3) is 0.318. The van der Waals surface area contributed by atoms with Crippen LogP contribution in [0.3, 0.4) is 0 Å². The summed E-state index contributed by atoms with van der Waals surface area (Å²) in [6, 6.07) is 14.3. The van der Waals surface area contributed by atoms with Gasteiger partial charge in [0, 0.05) is 12.1 Å². The van der Waals surface area contributed by atoms with Gasteiger partial charge in [-0.1, -0.05) is 17.3 Å². The first kappa shape index (κ1) is 19.8. The molecule has 2 heterocycles. The molecule has 1 aromatic heterocycles. The number of ether oxygens (including phenoxy) is 2. The second-order valence-electron chi connectivity index (χ2n) is 6.90. The van der Waals surface area contributed by atoms with Crippen molar-refractivity contribution in [3.05, 3.63) is 54.4 Å². The van der Waals surface area contributed by atoms with Gasteiger partial charge >= 0.3 is 6.03 Å². The molecule has 3 aromatic rings. The number of anilines is 1. The molecular weight excluding hydrogens is 384 g/mol. The molecule has 1 atom stereocenters. The van der Waals surface area contributed by atoms with Gasteiger partial charge in [-0.25, -0.2) is 4.79 Å². The molecule has 1 fully saturated rings. The highest BCUT2D eigenvalue weighted by atomic mass is 16.5. The quantitative estimate of drug-likeness (QED) is 0.645. The zero-order valence-electron chi connectivity index (χ0n) is 17.0. The van der Waals surface area contributed by atoms with E-state index in [-0.39, 0.29) is 12.1 Å². The maximum absolute atomic E-state index is 13.0. The summed E-state index contributed by atoms with van der Waals surface area (Å²) in [4.78, 5) is 19.2. The molecule has 0 spiro atoms. The molecule has 2 amide bonds. The Labute approximate surface area is 174 Å². The van der Waals surface area contributed by atoms with Crippen LogP contribution in [0, 0.1) is 0 Å². The highest BCUT2D eigenvalue weighted by Gasteiger charge is 2.34. The molecule has 156 valence electrons. The van der Waals surface area contributed by atoms with Crippen molar-refractivity contribution >= 4 is 11.7 Å². The maximum atomic E-state index is 13.0. The molecule has 8 heteroatoms. The van der Waals surface area contributed by atoms with Gasteiger partial charge in [0.1, 0.15) is 17.5 Å². The number of para-hydroxylation sites is 2. The predicted octanol–water partition coefficient (Wildman–Crippen LogP) is 4.51. The van der Waals surface area contributed by atoms with Crippen LogP contribution in [0.15, 0.2) is 53.1 Å². The largest absolute Gasteiger partial charge is 0.497 e. The molecule has 30 heavy (non-hydrogen) atoms. The Morgan fingerprint density at radius 2 is 2.03 bits per heavy atom. The third-order valence-corrected chi connectivity index (χ3v) is 5.02. The van der Waals surface area contributed by atoms with Crippen LogP contribution >= 0.6 is 0 Å². The Kier molecular flexibility index (Phi) is 5.83. The number of urea groups is 1. The minimum absolute atomic E-state index is 0.214. The van der Waals surface area contributed by atoms with Crippen molar-refractivity contribution in [3.8, 4) is 22.9 Å². The summed E-state index contributed by atoms with van der Waals surface area (Å²) in [5.74, 6) is 2.32. The van der Waals surface area contributed by atoms with Crippen LogP contribution in [0.2, 0.25) is 0 Å². The van der Waals surface area contributed by atoms with E-state index in [1.165, 1.54) is 0 Å². The SMILES string of the molecule is CCOc1ccccc1NC(=O)N1CCC[C@@H]1c1nc(-c2ccc(OC)cc2)no1. The van der Waals surface area contributed by atoms with Crippen molar-refractivity contribution in [2.24, 2.45) is 0 Å². The van der Waals surface area contributed by atoms with Crippen molar-refractivity contribution in [1.82, 2.24) is 15.0 Å². The fourth-order valence-electron chi connectivity index (χ4n) is 3.53. The molecule has 1 N–H and O–H groups in total. The van der Waals surface area contributed by atoms with E-state index in [1.54, 1.807) is 12.0 Å². The third-order valence-electron chi connectivity index (χ3n) is 5.02. The first-order chi connectivity index (χ1) is 14.7. The summed E-state index contributed by atoms with van der Waals surface area (Å²) < 4.78 is 16.3. The Morgan fingerprint density at radius 3 is 2.80 bits per heavy atom. The van der Waals surface area contributed by atoms with Gasteiger partial charge in [0.15, 0.2) is 0 Å². The third kappa shape index (κ3) is 4.07. The number of nitrogens with zero attached hydrogens (tertiary/aromatic N) is 3. The van der Waals surface area contributed by atoms with E-state index in [4.69, 9.17) is 14.0 Å².